The number of benzene rings is 2. The Hall–Kier alpha value is -3.96. The molecular formula is C25H26N6O4S. The number of imidazole rings is 2. The monoisotopic (exact) mass is 506 g/mol. The Kier molecular flexibility index (Phi) is 5.68. The molecule has 0 aliphatic carbocycles. The van der Waals surface area contributed by atoms with Crippen LogP contribution in [-0.4, -0.2) is 31.5 Å². The van der Waals surface area contributed by atoms with Gasteiger partial charge in [0.05, 0.1) is 16.3 Å². The summed E-state index contributed by atoms with van der Waals surface area (Å²) < 4.78 is 29.9. The molecule has 3 aromatic heterocycles. The quantitative estimate of drug-likeness (QED) is 0.378. The fourth-order valence-electron chi connectivity index (χ4n) is 4.62. The second-order valence-corrected chi connectivity index (χ2v) is 10.3. The summed E-state index contributed by atoms with van der Waals surface area (Å²) in [7, 11) is -0.823. The van der Waals surface area contributed by atoms with Gasteiger partial charge in [0.1, 0.15) is 0 Å². The number of unbranched alkanes of at least 4 members (excludes halogenated alkanes) is 1. The van der Waals surface area contributed by atoms with Crippen LogP contribution in [0.2, 0.25) is 0 Å². The van der Waals surface area contributed by atoms with Crippen LogP contribution < -0.4 is 16.4 Å². The molecule has 11 heteroatoms. The second kappa shape index (κ2) is 8.61. The first-order valence-electron chi connectivity index (χ1n) is 11.6. The average Bonchev–Trinajstić information content (AvgIpc) is 3.40. The number of aromatic nitrogens is 5. The van der Waals surface area contributed by atoms with Crippen LogP contribution in [-0.2, 0) is 30.5 Å². The van der Waals surface area contributed by atoms with Crippen molar-refractivity contribution in [3.63, 3.8) is 0 Å². The van der Waals surface area contributed by atoms with Gasteiger partial charge in [0.2, 0.25) is 15.8 Å². The van der Waals surface area contributed by atoms with Crippen LogP contribution in [0.3, 0.4) is 0 Å². The lowest BCUT2D eigenvalue weighted by molar-refractivity contribution is 0.598. The lowest BCUT2D eigenvalue weighted by Crippen LogP contribution is -2.37. The van der Waals surface area contributed by atoms with E-state index in [1.807, 2.05) is 39.3 Å². The third-order valence-electron chi connectivity index (χ3n) is 6.44. The summed E-state index contributed by atoms with van der Waals surface area (Å²) in [5, 5.41) is 5.31. The van der Waals surface area contributed by atoms with Crippen LogP contribution in [0.5, 0.6) is 0 Å². The van der Waals surface area contributed by atoms with Gasteiger partial charge in [-0.1, -0.05) is 43.7 Å². The summed E-state index contributed by atoms with van der Waals surface area (Å²) in [4.78, 5) is 30.7. The van der Waals surface area contributed by atoms with Crippen molar-refractivity contribution in [1.29, 1.82) is 0 Å². The van der Waals surface area contributed by atoms with Gasteiger partial charge < -0.3 is 0 Å². The normalized spacial score (nSPS) is 12.1. The van der Waals surface area contributed by atoms with Crippen molar-refractivity contribution >= 4 is 27.0 Å². The molecule has 0 saturated carbocycles. The number of hydrogen-bond donors (Lipinski definition) is 1. The van der Waals surface area contributed by atoms with Crippen molar-refractivity contribution in [2.45, 2.75) is 31.1 Å². The van der Waals surface area contributed by atoms with E-state index in [4.69, 9.17) is 10.1 Å². The van der Waals surface area contributed by atoms with Gasteiger partial charge >= 0.3 is 5.69 Å². The summed E-state index contributed by atoms with van der Waals surface area (Å²) >= 11 is 0. The van der Waals surface area contributed by atoms with Crippen LogP contribution in [0.15, 0.2) is 69.1 Å². The fraction of sp³-hybridized carbons (Fsp3) is 0.240. The van der Waals surface area contributed by atoms with Crippen LogP contribution >= 0.6 is 0 Å². The number of nitrogens with zero attached hydrogens (tertiary/aromatic N) is 5. The van der Waals surface area contributed by atoms with Crippen molar-refractivity contribution in [2.24, 2.45) is 19.2 Å². The number of aryl methyl sites for hydroxylation is 2. The Labute approximate surface area is 206 Å². The number of nitrogens with two attached hydrogens (primary N) is 1. The van der Waals surface area contributed by atoms with Crippen molar-refractivity contribution in [1.82, 2.24) is 23.1 Å². The van der Waals surface area contributed by atoms with Crippen molar-refractivity contribution in [3.05, 3.63) is 81.1 Å². The van der Waals surface area contributed by atoms with E-state index in [-0.39, 0.29) is 10.5 Å². The van der Waals surface area contributed by atoms with E-state index in [9.17, 15) is 18.0 Å². The Bertz CT molecular complexity index is 1840. The summed E-state index contributed by atoms with van der Waals surface area (Å²) in [6.45, 7) is 2.09. The molecule has 3 heterocycles. The predicted molar refractivity (Wildman–Crippen MR) is 138 cm³/mol. The number of primary sulfonamides is 1. The molecule has 0 radical (unpaired) electrons. The molecule has 2 aromatic carbocycles. The Balaban J connectivity index is 1.99. The molecule has 0 saturated heterocycles. The van der Waals surface area contributed by atoms with Gasteiger partial charge in [-0.3, -0.25) is 22.9 Å². The predicted octanol–water partition coefficient (Wildman–Crippen LogP) is 2.33. The largest absolute Gasteiger partial charge is 0.332 e. The lowest BCUT2D eigenvalue weighted by atomic mass is 10.1. The zero-order valence-electron chi connectivity index (χ0n) is 20.2. The molecular weight excluding hydrogens is 480 g/mol. The highest BCUT2D eigenvalue weighted by molar-refractivity contribution is 7.89. The maximum atomic E-state index is 13.3. The Morgan fingerprint density at radius 2 is 1.61 bits per heavy atom. The van der Waals surface area contributed by atoms with Crippen LogP contribution in [0.1, 0.15) is 25.5 Å². The maximum Gasteiger partial charge on any atom is 0.332 e. The lowest BCUT2D eigenvalue weighted by Gasteiger charge is -2.12. The maximum absolute atomic E-state index is 13.3. The van der Waals surface area contributed by atoms with Gasteiger partial charge in [-0.25, -0.2) is 18.4 Å². The first kappa shape index (κ1) is 23.8. The minimum atomic E-state index is -3.87. The zero-order chi connectivity index (χ0) is 25.8. The molecule has 186 valence electrons. The molecule has 36 heavy (non-hydrogen) atoms. The molecule has 5 aromatic rings. The average molecular weight is 507 g/mol. The molecule has 0 aliphatic heterocycles. The van der Waals surface area contributed by atoms with E-state index in [1.165, 1.54) is 23.7 Å². The van der Waals surface area contributed by atoms with Gasteiger partial charge in [0, 0.05) is 25.3 Å². The zero-order valence-corrected chi connectivity index (χ0v) is 21.0. The Morgan fingerprint density at radius 3 is 2.22 bits per heavy atom. The topological polar surface area (TPSA) is 126 Å². The fourth-order valence-corrected chi connectivity index (χ4v) is 5.14. The highest BCUT2D eigenvalue weighted by atomic mass is 32.2. The summed E-state index contributed by atoms with van der Waals surface area (Å²) in [5.74, 6) is 0.455. The Morgan fingerprint density at radius 1 is 0.944 bits per heavy atom. The van der Waals surface area contributed by atoms with Crippen LogP contribution in [0.4, 0.5) is 0 Å². The SMILES string of the molecule is CCCCc1c(-c2ccccc2)n(-c2ccc(S(N)(=O)=O)cc2)c2nc3c(c(=O)n(C)c(=O)n3C)n12. The molecule has 0 spiro atoms. The van der Waals surface area contributed by atoms with Crippen molar-refractivity contribution < 1.29 is 8.42 Å². The minimum Gasteiger partial charge on any atom is -0.279 e. The molecule has 0 atom stereocenters. The van der Waals surface area contributed by atoms with Gasteiger partial charge in [-0.2, -0.15) is 4.98 Å². The van der Waals surface area contributed by atoms with E-state index in [2.05, 4.69) is 6.92 Å². The third kappa shape index (κ3) is 3.59. The first-order chi connectivity index (χ1) is 17.1. The second-order valence-electron chi connectivity index (χ2n) is 8.76. The third-order valence-corrected chi connectivity index (χ3v) is 7.37. The van der Waals surface area contributed by atoms with E-state index < -0.39 is 21.3 Å². The van der Waals surface area contributed by atoms with Gasteiger partial charge in [-0.05, 0) is 37.1 Å². The molecule has 0 amide bonds. The molecule has 0 fully saturated rings. The molecule has 0 bridgehead atoms. The number of sulfonamides is 1. The van der Waals surface area contributed by atoms with E-state index in [1.54, 1.807) is 19.2 Å². The number of fused-ring (bicyclic) bond motifs is 3. The van der Waals surface area contributed by atoms with E-state index >= 15 is 0 Å². The molecule has 5 rings (SSSR count). The molecule has 0 unspecified atom stereocenters. The van der Waals surface area contributed by atoms with Gasteiger partial charge in [-0.15, -0.1) is 0 Å². The number of rotatable bonds is 6. The van der Waals surface area contributed by atoms with Crippen molar-refractivity contribution in [3.8, 4) is 16.9 Å². The number of hydrogen-bond acceptors (Lipinski definition) is 5. The van der Waals surface area contributed by atoms with Crippen LogP contribution in [0, 0.1) is 0 Å². The summed E-state index contributed by atoms with van der Waals surface area (Å²) in [6.07, 6.45) is 2.47. The summed E-state index contributed by atoms with van der Waals surface area (Å²) in [6, 6.07) is 16.0. The molecule has 10 nitrogen and oxygen atoms in total. The molecule has 2 N–H and O–H groups in total. The first-order valence-corrected chi connectivity index (χ1v) is 13.1. The molecule has 0 aliphatic rings. The van der Waals surface area contributed by atoms with Crippen LogP contribution in [0.25, 0.3) is 33.9 Å². The van der Waals surface area contributed by atoms with E-state index in [0.717, 1.165) is 34.4 Å². The highest BCUT2D eigenvalue weighted by Crippen LogP contribution is 2.34. The highest BCUT2D eigenvalue weighted by Gasteiger charge is 2.26. The van der Waals surface area contributed by atoms with Crippen molar-refractivity contribution in [2.75, 3.05) is 0 Å². The minimum absolute atomic E-state index is 0.00772. The van der Waals surface area contributed by atoms with Gasteiger partial charge in [0.15, 0.2) is 11.2 Å². The van der Waals surface area contributed by atoms with Gasteiger partial charge in [0.25, 0.3) is 5.56 Å². The van der Waals surface area contributed by atoms with E-state index in [0.29, 0.717) is 23.4 Å². The summed E-state index contributed by atoms with van der Waals surface area (Å²) in [5.41, 5.74) is 2.99. The standard InChI is InChI=1S/C25H26N6O4S/c1-4-5-11-19-20(16-9-7-6-8-10-16)30(17-12-14-18(15-13-17)36(26,34)35)24-27-22-21(31(19)24)23(32)29(3)25(33)28(22)2/h6-10,12-15H,4-5,11H2,1-3H3,(H2,26,34,35). The smallest absolute Gasteiger partial charge is 0.279 e.